The molecular weight excluding hydrogens is 321 g/mol. The van der Waals surface area contributed by atoms with Gasteiger partial charge in [-0.05, 0) is 12.1 Å². The lowest BCUT2D eigenvalue weighted by molar-refractivity contribution is 0.0733. The Labute approximate surface area is 137 Å². The van der Waals surface area contributed by atoms with E-state index < -0.39 is 10.0 Å². The topological polar surface area (TPSA) is 61.9 Å². The number of benzene rings is 1. The summed E-state index contributed by atoms with van der Waals surface area (Å²) in [6, 6.07) is 6.94. The first-order valence-electron chi connectivity index (χ1n) is 7.71. The van der Waals surface area contributed by atoms with Gasteiger partial charge in [0, 0.05) is 39.3 Å². The average molecular weight is 345 g/mol. The number of piperazine rings is 1. The first kappa shape index (κ1) is 18.1. The van der Waals surface area contributed by atoms with Crippen LogP contribution in [0.1, 0.15) is 0 Å². The van der Waals surface area contributed by atoms with E-state index in [2.05, 4.69) is 10.2 Å². The van der Waals surface area contributed by atoms with Gasteiger partial charge in [-0.25, -0.2) is 12.8 Å². The second kappa shape index (κ2) is 8.58. The number of halogens is 1. The van der Waals surface area contributed by atoms with Crippen molar-refractivity contribution in [1.82, 2.24) is 9.62 Å². The molecule has 0 aromatic heterocycles. The summed E-state index contributed by atoms with van der Waals surface area (Å²) < 4.78 is 41.4. The molecule has 0 amide bonds. The predicted molar refractivity (Wildman–Crippen MR) is 88.7 cm³/mol. The fraction of sp³-hybridized carbons (Fsp3) is 0.600. The molecule has 2 aliphatic rings. The first-order chi connectivity index (χ1) is 11.0. The minimum absolute atomic E-state index is 0.121. The maximum absolute atomic E-state index is 13.3. The number of sulfonamides is 1. The third kappa shape index (κ3) is 5.72. The molecule has 0 atom stereocenters. The third-order valence-corrected chi connectivity index (χ3v) is 5.05. The molecule has 0 unspecified atom stereocenters. The standard InChI is InChI=1S/C10H13FN2.C5H11NO3S/c11-9-3-1-2-4-10(9)13-7-5-12-6-8-13;1-10(7,8)6-2-4-9-5-3-6/h1-4,12H,5-8H2;2-5H2,1H3. The van der Waals surface area contributed by atoms with Gasteiger partial charge in [0.15, 0.2) is 0 Å². The molecule has 130 valence electrons. The van der Waals surface area contributed by atoms with Crippen molar-refractivity contribution in [3.63, 3.8) is 0 Å². The van der Waals surface area contributed by atoms with Crippen LogP contribution in [0.5, 0.6) is 0 Å². The molecule has 0 bridgehead atoms. The summed E-state index contributed by atoms with van der Waals surface area (Å²) in [4.78, 5) is 2.08. The van der Waals surface area contributed by atoms with Crippen molar-refractivity contribution in [3.8, 4) is 0 Å². The molecule has 2 fully saturated rings. The van der Waals surface area contributed by atoms with Crippen LogP contribution in [0.2, 0.25) is 0 Å². The molecule has 2 saturated heterocycles. The molecular formula is C15H24FN3O3S. The van der Waals surface area contributed by atoms with E-state index >= 15 is 0 Å². The SMILES string of the molecule is CS(=O)(=O)N1CCOCC1.Fc1ccccc1N1CCNCC1. The molecule has 1 N–H and O–H groups in total. The second-order valence-corrected chi connectivity index (χ2v) is 7.45. The van der Waals surface area contributed by atoms with E-state index in [1.165, 1.54) is 16.6 Å². The highest BCUT2D eigenvalue weighted by Crippen LogP contribution is 2.18. The number of ether oxygens (including phenoxy) is 1. The van der Waals surface area contributed by atoms with Gasteiger partial charge < -0.3 is 15.0 Å². The molecule has 0 saturated carbocycles. The van der Waals surface area contributed by atoms with Crippen molar-refractivity contribution in [2.75, 3.05) is 63.6 Å². The Morgan fingerprint density at radius 3 is 2.22 bits per heavy atom. The van der Waals surface area contributed by atoms with Gasteiger partial charge in [0.2, 0.25) is 10.0 Å². The highest BCUT2D eigenvalue weighted by molar-refractivity contribution is 7.88. The Kier molecular flexibility index (Phi) is 6.76. The summed E-state index contributed by atoms with van der Waals surface area (Å²) in [5.74, 6) is -0.121. The van der Waals surface area contributed by atoms with Crippen molar-refractivity contribution >= 4 is 15.7 Å². The Morgan fingerprint density at radius 2 is 1.70 bits per heavy atom. The molecule has 8 heteroatoms. The fourth-order valence-electron chi connectivity index (χ4n) is 2.49. The molecule has 0 spiro atoms. The summed E-state index contributed by atoms with van der Waals surface area (Å²) in [6.45, 7) is 5.70. The summed E-state index contributed by atoms with van der Waals surface area (Å²) in [6.07, 6.45) is 1.22. The number of hydrogen-bond acceptors (Lipinski definition) is 5. The summed E-state index contributed by atoms with van der Waals surface area (Å²) in [5.41, 5.74) is 0.726. The number of nitrogens with one attached hydrogen (secondary N) is 1. The molecule has 2 heterocycles. The van der Waals surface area contributed by atoms with Crippen molar-refractivity contribution in [3.05, 3.63) is 30.1 Å². The number of para-hydroxylation sites is 1. The molecule has 23 heavy (non-hydrogen) atoms. The maximum Gasteiger partial charge on any atom is 0.211 e. The summed E-state index contributed by atoms with van der Waals surface area (Å²) in [7, 11) is -2.97. The lowest BCUT2D eigenvalue weighted by Gasteiger charge is -2.29. The van der Waals surface area contributed by atoms with E-state index in [0.29, 0.717) is 26.3 Å². The Hall–Kier alpha value is -1.22. The van der Waals surface area contributed by atoms with E-state index in [9.17, 15) is 12.8 Å². The Bertz CT molecular complexity index is 585. The molecule has 1 aromatic carbocycles. The van der Waals surface area contributed by atoms with E-state index in [1.54, 1.807) is 6.07 Å². The van der Waals surface area contributed by atoms with E-state index in [0.717, 1.165) is 31.9 Å². The van der Waals surface area contributed by atoms with Crippen LogP contribution in [0.15, 0.2) is 24.3 Å². The second-order valence-electron chi connectivity index (χ2n) is 5.46. The van der Waals surface area contributed by atoms with Crippen molar-refractivity contribution < 1.29 is 17.5 Å². The van der Waals surface area contributed by atoms with Crippen LogP contribution < -0.4 is 10.2 Å². The number of nitrogens with zero attached hydrogens (tertiary/aromatic N) is 2. The summed E-state index contributed by atoms with van der Waals surface area (Å²) >= 11 is 0. The molecule has 1 aromatic rings. The van der Waals surface area contributed by atoms with Crippen molar-refractivity contribution in [2.24, 2.45) is 0 Å². The third-order valence-electron chi connectivity index (χ3n) is 3.75. The van der Waals surface area contributed by atoms with E-state index in [4.69, 9.17) is 4.74 Å². The van der Waals surface area contributed by atoms with Gasteiger partial charge in [-0.2, -0.15) is 4.31 Å². The van der Waals surface area contributed by atoms with Crippen LogP contribution in [0.25, 0.3) is 0 Å². The van der Waals surface area contributed by atoms with Crippen molar-refractivity contribution in [1.29, 1.82) is 0 Å². The number of anilines is 1. The maximum atomic E-state index is 13.3. The zero-order chi connectivity index (χ0) is 16.7. The van der Waals surface area contributed by atoms with Gasteiger partial charge in [-0.15, -0.1) is 0 Å². The van der Waals surface area contributed by atoms with Gasteiger partial charge in [-0.3, -0.25) is 0 Å². The van der Waals surface area contributed by atoms with Crippen LogP contribution >= 0.6 is 0 Å². The first-order valence-corrected chi connectivity index (χ1v) is 9.56. The van der Waals surface area contributed by atoms with E-state index in [-0.39, 0.29) is 5.82 Å². The van der Waals surface area contributed by atoms with Gasteiger partial charge in [0.25, 0.3) is 0 Å². The number of hydrogen-bond donors (Lipinski definition) is 1. The van der Waals surface area contributed by atoms with Gasteiger partial charge >= 0.3 is 0 Å². The Balaban J connectivity index is 0.000000174. The lowest BCUT2D eigenvalue weighted by Crippen LogP contribution is -2.43. The minimum atomic E-state index is -2.97. The smallest absolute Gasteiger partial charge is 0.211 e. The normalized spacial score (nSPS) is 19.8. The minimum Gasteiger partial charge on any atom is -0.379 e. The van der Waals surface area contributed by atoms with Crippen LogP contribution in [0, 0.1) is 5.82 Å². The lowest BCUT2D eigenvalue weighted by atomic mass is 10.2. The quantitative estimate of drug-likeness (QED) is 0.846. The predicted octanol–water partition coefficient (Wildman–Crippen LogP) is 0.514. The number of rotatable bonds is 2. The molecule has 0 aliphatic carbocycles. The molecule has 2 aliphatic heterocycles. The number of morpholine rings is 1. The van der Waals surface area contributed by atoms with Crippen LogP contribution in [0.3, 0.4) is 0 Å². The largest absolute Gasteiger partial charge is 0.379 e. The van der Waals surface area contributed by atoms with Gasteiger partial charge in [0.05, 0.1) is 25.2 Å². The average Bonchev–Trinajstić information content (AvgIpc) is 2.57. The van der Waals surface area contributed by atoms with Gasteiger partial charge in [0.1, 0.15) is 5.82 Å². The molecule has 3 rings (SSSR count). The van der Waals surface area contributed by atoms with Crippen LogP contribution in [-0.2, 0) is 14.8 Å². The van der Waals surface area contributed by atoms with E-state index in [1.807, 2.05) is 12.1 Å². The highest BCUT2D eigenvalue weighted by atomic mass is 32.2. The molecule has 0 radical (unpaired) electrons. The highest BCUT2D eigenvalue weighted by Gasteiger charge is 2.18. The monoisotopic (exact) mass is 345 g/mol. The van der Waals surface area contributed by atoms with Crippen molar-refractivity contribution in [2.45, 2.75) is 0 Å². The zero-order valence-electron chi connectivity index (χ0n) is 13.4. The zero-order valence-corrected chi connectivity index (χ0v) is 14.2. The van der Waals surface area contributed by atoms with Crippen LogP contribution in [-0.4, -0.2) is 71.5 Å². The fourth-order valence-corrected chi connectivity index (χ4v) is 3.30. The van der Waals surface area contributed by atoms with Crippen LogP contribution in [0.4, 0.5) is 10.1 Å². The summed E-state index contributed by atoms with van der Waals surface area (Å²) in [5, 5.41) is 3.24. The Morgan fingerprint density at radius 1 is 1.09 bits per heavy atom. The van der Waals surface area contributed by atoms with Gasteiger partial charge in [-0.1, -0.05) is 12.1 Å². The molecule has 6 nitrogen and oxygen atoms in total.